The summed E-state index contributed by atoms with van der Waals surface area (Å²) < 4.78 is 20.7. The molecule has 3 nitrogen and oxygen atoms in total. The van der Waals surface area contributed by atoms with Gasteiger partial charge in [-0.05, 0) is 0 Å². The molecule has 0 aromatic heterocycles. The summed E-state index contributed by atoms with van der Waals surface area (Å²) in [7, 11) is -3.13. The molecule has 0 fully saturated rings. The Balaban J connectivity index is 3.94. The summed E-state index contributed by atoms with van der Waals surface area (Å²) in [5.41, 5.74) is 4.73. The molecule has 0 aliphatic carbocycles. The van der Waals surface area contributed by atoms with Gasteiger partial charge in [0.05, 0.1) is 5.75 Å². The van der Waals surface area contributed by atoms with Crippen LogP contribution in [0.25, 0.3) is 0 Å². The fraction of sp³-hybridized carbons (Fsp3) is 0.250. The summed E-state index contributed by atoms with van der Waals surface area (Å²) in [4.78, 5) is 0. The quantitative estimate of drug-likeness (QED) is 0.537. The molecular formula is C4H8NO2S. The van der Waals surface area contributed by atoms with E-state index in [1.54, 1.807) is 0 Å². The van der Waals surface area contributed by atoms with Crippen LogP contribution in [0, 0.1) is 5.88 Å². The molecule has 0 rings (SSSR count). The normalized spacial score (nSPS) is 11.1. The van der Waals surface area contributed by atoms with E-state index in [-0.39, 0.29) is 5.75 Å². The standard InChI is InChI=1S/C4H8NO2S/c1-2-3-8(6,7)4-5/h2,4H,1,3,5H2. The smallest absolute Gasteiger partial charge is 0.172 e. The van der Waals surface area contributed by atoms with Crippen molar-refractivity contribution in [1.82, 2.24) is 0 Å². The van der Waals surface area contributed by atoms with E-state index < -0.39 is 9.84 Å². The Morgan fingerprint density at radius 3 is 2.25 bits per heavy atom. The summed E-state index contributed by atoms with van der Waals surface area (Å²) >= 11 is 0. The van der Waals surface area contributed by atoms with Gasteiger partial charge in [-0.1, -0.05) is 6.08 Å². The lowest BCUT2D eigenvalue weighted by Gasteiger charge is -1.90. The zero-order valence-corrected chi connectivity index (χ0v) is 5.19. The van der Waals surface area contributed by atoms with Gasteiger partial charge in [0.15, 0.2) is 9.84 Å². The largest absolute Gasteiger partial charge is 0.313 e. The minimum Gasteiger partial charge on any atom is -0.313 e. The van der Waals surface area contributed by atoms with Crippen molar-refractivity contribution in [3.8, 4) is 0 Å². The summed E-state index contributed by atoms with van der Waals surface area (Å²) in [6.07, 6.45) is 1.29. The fourth-order valence-electron chi connectivity index (χ4n) is 0.220. The third-order valence-corrected chi connectivity index (χ3v) is 1.67. The van der Waals surface area contributed by atoms with Crippen LogP contribution in [0.4, 0.5) is 0 Å². The number of sulfone groups is 1. The van der Waals surface area contributed by atoms with Crippen LogP contribution in [0.15, 0.2) is 12.7 Å². The molecule has 1 radical (unpaired) electrons. The minimum absolute atomic E-state index is 0.0799. The molecule has 0 aromatic carbocycles. The van der Waals surface area contributed by atoms with Crippen molar-refractivity contribution in [3.05, 3.63) is 18.5 Å². The van der Waals surface area contributed by atoms with Crippen molar-refractivity contribution in [2.75, 3.05) is 5.75 Å². The van der Waals surface area contributed by atoms with Gasteiger partial charge in [0.2, 0.25) is 0 Å². The van der Waals surface area contributed by atoms with E-state index in [9.17, 15) is 8.42 Å². The SMILES string of the molecule is C=CCS(=O)(=O)[CH]N. The van der Waals surface area contributed by atoms with Gasteiger partial charge in [0, 0.05) is 0 Å². The van der Waals surface area contributed by atoms with Gasteiger partial charge in [0.25, 0.3) is 0 Å². The number of hydrogen-bond acceptors (Lipinski definition) is 3. The van der Waals surface area contributed by atoms with Crippen LogP contribution < -0.4 is 5.73 Å². The summed E-state index contributed by atoms with van der Waals surface area (Å²) in [6.45, 7) is 3.24. The highest BCUT2D eigenvalue weighted by atomic mass is 32.2. The Morgan fingerprint density at radius 2 is 2.12 bits per heavy atom. The third-order valence-electron chi connectivity index (χ3n) is 0.557. The van der Waals surface area contributed by atoms with Gasteiger partial charge in [-0.3, -0.25) is 0 Å². The average molecular weight is 134 g/mol. The molecule has 0 saturated carbocycles. The van der Waals surface area contributed by atoms with Gasteiger partial charge < -0.3 is 5.73 Å². The first kappa shape index (κ1) is 7.65. The molecule has 0 aromatic rings. The van der Waals surface area contributed by atoms with E-state index in [0.29, 0.717) is 5.88 Å². The predicted octanol–water partition coefficient (Wildman–Crippen LogP) is -0.335. The van der Waals surface area contributed by atoms with Gasteiger partial charge in [-0.2, -0.15) is 0 Å². The predicted molar refractivity (Wildman–Crippen MR) is 32.5 cm³/mol. The lowest BCUT2D eigenvalue weighted by molar-refractivity contribution is 0.604. The first-order valence-electron chi connectivity index (χ1n) is 2.01. The van der Waals surface area contributed by atoms with Crippen molar-refractivity contribution in [1.29, 1.82) is 0 Å². The second-order valence-electron chi connectivity index (χ2n) is 1.25. The van der Waals surface area contributed by atoms with E-state index in [2.05, 4.69) is 6.58 Å². The van der Waals surface area contributed by atoms with E-state index >= 15 is 0 Å². The van der Waals surface area contributed by atoms with Crippen molar-refractivity contribution in [2.24, 2.45) is 5.73 Å². The molecule has 0 atom stereocenters. The summed E-state index contributed by atoms with van der Waals surface area (Å²) in [5.74, 6) is 0.595. The maximum Gasteiger partial charge on any atom is 0.172 e. The Labute approximate surface area is 49.1 Å². The van der Waals surface area contributed by atoms with E-state index in [4.69, 9.17) is 5.73 Å². The number of hydrogen-bond donors (Lipinski definition) is 1. The first-order valence-corrected chi connectivity index (χ1v) is 3.72. The number of rotatable bonds is 3. The van der Waals surface area contributed by atoms with Crippen LogP contribution in [0.3, 0.4) is 0 Å². The molecule has 0 aliphatic rings. The zero-order chi connectivity index (χ0) is 6.62. The van der Waals surface area contributed by atoms with Crippen LogP contribution in [0.2, 0.25) is 0 Å². The Kier molecular flexibility index (Phi) is 2.71. The maximum absolute atomic E-state index is 10.3. The molecule has 8 heavy (non-hydrogen) atoms. The lowest BCUT2D eigenvalue weighted by Crippen LogP contribution is -2.09. The van der Waals surface area contributed by atoms with Gasteiger partial charge >= 0.3 is 0 Å². The molecule has 0 spiro atoms. The Bertz CT molecular complexity index is 159. The molecule has 0 amide bonds. The summed E-state index contributed by atoms with van der Waals surface area (Å²) in [6, 6.07) is 0. The molecule has 0 saturated heterocycles. The Hall–Kier alpha value is -0.350. The zero-order valence-electron chi connectivity index (χ0n) is 4.37. The second-order valence-corrected chi connectivity index (χ2v) is 3.19. The van der Waals surface area contributed by atoms with E-state index in [1.807, 2.05) is 0 Å². The highest BCUT2D eigenvalue weighted by Crippen LogP contribution is 1.87. The van der Waals surface area contributed by atoms with Crippen LogP contribution in [-0.2, 0) is 9.84 Å². The van der Waals surface area contributed by atoms with E-state index in [1.165, 1.54) is 6.08 Å². The fourth-order valence-corrected chi connectivity index (χ4v) is 0.659. The van der Waals surface area contributed by atoms with Crippen molar-refractivity contribution in [3.63, 3.8) is 0 Å². The second kappa shape index (κ2) is 2.84. The first-order chi connectivity index (χ1) is 3.62. The molecule has 4 heteroatoms. The molecule has 2 N–H and O–H groups in total. The maximum atomic E-state index is 10.3. The topological polar surface area (TPSA) is 60.2 Å². The lowest BCUT2D eigenvalue weighted by atomic mass is 10.8. The van der Waals surface area contributed by atoms with Gasteiger partial charge in [0.1, 0.15) is 5.88 Å². The summed E-state index contributed by atoms with van der Waals surface area (Å²) in [5, 5.41) is 0. The van der Waals surface area contributed by atoms with E-state index in [0.717, 1.165) is 0 Å². The molecule has 0 unspecified atom stereocenters. The van der Waals surface area contributed by atoms with Gasteiger partial charge in [-0.25, -0.2) is 8.42 Å². The monoisotopic (exact) mass is 134 g/mol. The minimum atomic E-state index is -3.13. The van der Waals surface area contributed by atoms with Crippen LogP contribution >= 0.6 is 0 Å². The highest BCUT2D eigenvalue weighted by Gasteiger charge is 2.02. The van der Waals surface area contributed by atoms with Crippen LogP contribution in [0.5, 0.6) is 0 Å². The molecule has 47 valence electrons. The van der Waals surface area contributed by atoms with Crippen LogP contribution in [0.1, 0.15) is 0 Å². The van der Waals surface area contributed by atoms with Crippen molar-refractivity contribution >= 4 is 9.84 Å². The number of nitrogens with two attached hydrogens (primary N) is 1. The third kappa shape index (κ3) is 2.76. The molecular weight excluding hydrogens is 126 g/mol. The molecule has 0 aliphatic heterocycles. The average Bonchev–Trinajstić information content (AvgIpc) is 1.67. The molecule has 0 heterocycles. The van der Waals surface area contributed by atoms with Crippen molar-refractivity contribution in [2.45, 2.75) is 0 Å². The Morgan fingerprint density at radius 1 is 1.62 bits per heavy atom. The van der Waals surface area contributed by atoms with Gasteiger partial charge in [-0.15, -0.1) is 6.58 Å². The van der Waals surface area contributed by atoms with Crippen LogP contribution in [-0.4, -0.2) is 14.2 Å². The molecule has 0 bridgehead atoms. The van der Waals surface area contributed by atoms with Crippen molar-refractivity contribution < 1.29 is 8.42 Å². The highest BCUT2D eigenvalue weighted by molar-refractivity contribution is 7.93.